The number of fused-ring (bicyclic) bond motifs is 1. The second kappa shape index (κ2) is 6.33. The summed E-state index contributed by atoms with van der Waals surface area (Å²) >= 11 is 0. The highest BCUT2D eigenvalue weighted by Gasteiger charge is 2.40. The summed E-state index contributed by atoms with van der Waals surface area (Å²) in [5.74, 6) is 1.32. The molecule has 0 unspecified atom stereocenters. The third-order valence-corrected chi connectivity index (χ3v) is 4.94. The molecule has 25 heavy (non-hydrogen) atoms. The molecule has 1 saturated heterocycles. The number of aryl methyl sites for hydroxylation is 1. The highest BCUT2D eigenvalue weighted by atomic mass is 16.2. The molecule has 3 aromatic heterocycles. The van der Waals surface area contributed by atoms with E-state index in [2.05, 4.69) is 15.3 Å². The Kier molecular flexibility index (Phi) is 4.01. The molecule has 0 spiro atoms. The number of nitrogens with zero attached hydrogens (tertiary/aromatic N) is 5. The van der Waals surface area contributed by atoms with Crippen molar-refractivity contribution in [3.63, 3.8) is 0 Å². The topological polar surface area (TPSA) is 67.5 Å². The molecule has 1 aliphatic heterocycles. The standard InChI is InChI=1S/C18H22N6O/c1-22-8-6-20-18(22)17-13(9-16(25)23(17)2)10-19-11-14-12-24-7-4-3-5-15(24)21-14/h3-8,12-13,17,19H,9-11H2,1-2H3/t13-,17+/m0/s1. The highest BCUT2D eigenvalue weighted by molar-refractivity contribution is 5.79. The molecule has 0 radical (unpaired) electrons. The number of hydrogen-bond acceptors (Lipinski definition) is 4. The molecule has 0 bridgehead atoms. The van der Waals surface area contributed by atoms with Crippen LogP contribution in [0.25, 0.3) is 5.65 Å². The lowest BCUT2D eigenvalue weighted by atomic mass is 9.99. The van der Waals surface area contributed by atoms with E-state index >= 15 is 0 Å². The molecule has 1 aliphatic rings. The van der Waals surface area contributed by atoms with Crippen LogP contribution < -0.4 is 5.32 Å². The van der Waals surface area contributed by atoms with Gasteiger partial charge >= 0.3 is 0 Å². The van der Waals surface area contributed by atoms with Crippen molar-refractivity contribution in [2.45, 2.75) is 19.0 Å². The van der Waals surface area contributed by atoms with Gasteiger partial charge in [-0.15, -0.1) is 0 Å². The number of hydrogen-bond donors (Lipinski definition) is 1. The number of amides is 1. The first-order valence-corrected chi connectivity index (χ1v) is 8.49. The summed E-state index contributed by atoms with van der Waals surface area (Å²) in [6, 6.07) is 5.98. The van der Waals surface area contributed by atoms with Gasteiger partial charge in [-0.3, -0.25) is 4.79 Å². The summed E-state index contributed by atoms with van der Waals surface area (Å²) in [5.41, 5.74) is 1.94. The molecule has 0 aromatic carbocycles. The molecule has 1 N–H and O–H groups in total. The van der Waals surface area contributed by atoms with Gasteiger partial charge in [-0.1, -0.05) is 6.07 Å². The maximum absolute atomic E-state index is 12.2. The Bertz CT molecular complexity index is 865. The predicted molar refractivity (Wildman–Crippen MR) is 93.7 cm³/mol. The maximum atomic E-state index is 12.2. The van der Waals surface area contributed by atoms with Crippen LogP contribution in [0.15, 0.2) is 43.0 Å². The van der Waals surface area contributed by atoms with Gasteiger partial charge in [-0.05, 0) is 12.1 Å². The molecule has 1 fully saturated rings. The fourth-order valence-electron chi connectivity index (χ4n) is 3.64. The summed E-state index contributed by atoms with van der Waals surface area (Å²) in [6.07, 6.45) is 8.28. The monoisotopic (exact) mass is 338 g/mol. The first-order chi connectivity index (χ1) is 12.1. The Morgan fingerprint density at radius 1 is 1.28 bits per heavy atom. The Morgan fingerprint density at radius 3 is 2.92 bits per heavy atom. The zero-order valence-electron chi connectivity index (χ0n) is 14.5. The molecule has 0 saturated carbocycles. The Labute approximate surface area is 146 Å². The van der Waals surface area contributed by atoms with Crippen molar-refractivity contribution in [2.24, 2.45) is 13.0 Å². The van der Waals surface area contributed by atoms with Crippen molar-refractivity contribution in [3.8, 4) is 0 Å². The number of carbonyl (C=O) groups is 1. The minimum atomic E-state index is 0.0149. The smallest absolute Gasteiger partial charge is 0.223 e. The summed E-state index contributed by atoms with van der Waals surface area (Å²) in [7, 11) is 3.84. The van der Waals surface area contributed by atoms with Gasteiger partial charge in [-0.25, -0.2) is 9.97 Å². The lowest BCUT2D eigenvalue weighted by Crippen LogP contribution is -2.30. The number of aromatic nitrogens is 4. The van der Waals surface area contributed by atoms with Crippen molar-refractivity contribution < 1.29 is 4.79 Å². The number of rotatable bonds is 5. The number of imidazole rings is 2. The summed E-state index contributed by atoms with van der Waals surface area (Å²) in [6.45, 7) is 1.44. The SMILES string of the molecule is CN1C(=O)C[C@@H](CNCc2cn3ccccc3n2)[C@@H]1c1nccn1C. The van der Waals surface area contributed by atoms with Crippen molar-refractivity contribution in [1.82, 2.24) is 29.2 Å². The average molecular weight is 338 g/mol. The Balaban J connectivity index is 1.44. The van der Waals surface area contributed by atoms with Gasteiger partial charge in [0.2, 0.25) is 5.91 Å². The average Bonchev–Trinajstić information content (AvgIpc) is 3.26. The molecular weight excluding hydrogens is 316 g/mol. The lowest BCUT2D eigenvalue weighted by molar-refractivity contribution is -0.127. The lowest BCUT2D eigenvalue weighted by Gasteiger charge is -2.24. The second-order valence-electron chi connectivity index (χ2n) is 6.64. The quantitative estimate of drug-likeness (QED) is 0.763. The van der Waals surface area contributed by atoms with Crippen LogP contribution in [0.2, 0.25) is 0 Å². The molecule has 0 aliphatic carbocycles. The fourth-order valence-corrected chi connectivity index (χ4v) is 3.64. The molecule has 2 atom stereocenters. The van der Waals surface area contributed by atoms with Gasteiger partial charge in [0.25, 0.3) is 0 Å². The van der Waals surface area contributed by atoms with E-state index in [9.17, 15) is 4.79 Å². The van der Waals surface area contributed by atoms with E-state index in [1.165, 1.54) is 0 Å². The third-order valence-electron chi connectivity index (χ3n) is 4.94. The minimum Gasteiger partial charge on any atom is -0.336 e. The van der Waals surface area contributed by atoms with Gasteiger partial charge in [0.1, 0.15) is 11.5 Å². The van der Waals surface area contributed by atoms with E-state index in [0.717, 1.165) is 23.7 Å². The molecule has 4 rings (SSSR count). The number of nitrogens with one attached hydrogen (secondary N) is 1. The van der Waals surface area contributed by atoms with E-state index < -0.39 is 0 Å². The van der Waals surface area contributed by atoms with E-state index in [1.54, 1.807) is 6.20 Å². The van der Waals surface area contributed by atoms with Crippen LogP contribution in [0, 0.1) is 5.92 Å². The van der Waals surface area contributed by atoms with Crippen LogP contribution in [0.5, 0.6) is 0 Å². The Hall–Kier alpha value is -2.67. The van der Waals surface area contributed by atoms with E-state index in [4.69, 9.17) is 0 Å². The van der Waals surface area contributed by atoms with Gasteiger partial charge in [0, 0.05) is 64.3 Å². The van der Waals surface area contributed by atoms with Crippen molar-refractivity contribution >= 4 is 11.6 Å². The van der Waals surface area contributed by atoms with Crippen LogP contribution in [0.1, 0.15) is 24.0 Å². The largest absolute Gasteiger partial charge is 0.336 e. The van der Waals surface area contributed by atoms with Crippen molar-refractivity contribution in [2.75, 3.05) is 13.6 Å². The fraction of sp³-hybridized carbons (Fsp3) is 0.389. The van der Waals surface area contributed by atoms with Crippen molar-refractivity contribution in [1.29, 1.82) is 0 Å². The number of likely N-dealkylation sites (tertiary alicyclic amines) is 1. The number of pyridine rings is 1. The van der Waals surface area contributed by atoms with Crippen LogP contribution in [0.3, 0.4) is 0 Å². The Morgan fingerprint density at radius 2 is 2.16 bits per heavy atom. The first-order valence-electron chi connectivity index (χ1n) is 8.49. The van der Waals surface area contributed by atoms with Crippen molar-refractivity contribution in [3.05, 3.63) is 54.5 Å². The summed E-state index contributed by atoms with van der Waals surface area (Å²) in [4.78, 5) is 23.1. The number of carbonyl (C=O) groups excluding carboxylic acids is 1. The van der Waals surface area contributed by atoms with Crippen LogP contribution in [-0.4, -0.2) is 43.3 Å². The first kappa shape index (κ1) is 15.8. The van der Waals surface area contributed by atoms with Crippen LogP contribution in [0.4, 0.5) is 0 Å². The molecule has 1 amide bonds. The van der Waals surface area contributed by atoms with E-state index in [0.29, 0.717) is 13.0 Å². The molecular formula is C18H22N6O. The molecule has 4 heterocycles. The predicted octanol–water partition coefficient (Wildman–Crippen LogP) is 1.38. The van der Waals surface area contributed by atoms with Gasteiger partial charge < -0.3 is 19.2 Å². The zero-order chi connectivity index (χ0) is 17.4. The van der Waals surface area contributed by atoms with E-state index in [-0.39, 0.29) is 17.9 Å². The molecule has 7 nitrogen and oxygen atoms in total. The van der Waals surface area contributed by atoms with Gasteiger partial charge in [0.05, 0.1) is 11.7 Å². The highest BCUT2D eigenvalue weighted by Crippen LogP contribution is 2.35. The van der Waals surface area contributed by atoms with Crippen LogP contribution >= 0.6 is 0 Å². The molecule has 7 heteroatoms. The third kappa shape index (κ3) is 2.91. The molecule has 3 aromatic rings. The van der Waals surface area contributed by atoms with Gasteiger partial charge in [-0.2, -0.15) is 0 Å². The normalized spacial score (nSPS) is 20.7. The summed E-state index contributed by atoms with van der Waals surface area (Å²) in [5, 5.41) is 3.47. The van der Waals surface area contributed by atoms with E-state index in [1.807, 2.05) is 64.8 Å². The minimum absolute atomic E-state index is 0.0149. The summed E-state index contributed by atoms with van der Waals surface area (Å²) < 4.78 is 4.01. The zero-order valence-corrected chi connectivity index (χ0v) is 14.5. The van der Waals surface area contributed by atoms with Gasteiger partial charge in [0.15, 0.2) is 0 Å². The van der Waals surface area contributed by atoms with Crippen LogP contribution in [-0.2, 0) is 18.4 Å². The molecule has 130 valence electrons. The second-order valence-corrected chi connectivity index (χ2v) is 6.64. The maximum Gasteiger partial charge on any atom is 0.223 e.